The van der Waals surface area contributed by atoms with E-state index in [-0.39, 0.29) is 5.91 Å². The molecule has 2 aliphatic rings. The third-order valence-corrected chi connectivity index (χ3v) is 8.08. The van der Waals surface area contributed by atoms with Crippen LogP contribution in [-0.2, 0) is 27.3 Å². The number of hydrogen-bond acceptors (Lipinski definition) is 8. The van der Waals surface area contributed by atoms with E-state index in [0.29, 0.717) is 56.3 Å². The summed E-state index contributed by atoms with van der Waals surface area (Å²) >= 11 is 0. The summed E-state index contributed by atoms with van der Waals surface area (Å²) in [6, 6.07) is 13.5. The second-order valence-electron chi connectivity index (χ2n) is 11.1. The van der Waals surface area contributed by atoms with E-state index in [0.717, 1.165) is 28.1 Å². The number of pyridine rings is 2. The number of anilines is 1. The number of rotatable bonds is 8. The van der Waals surface area contributed by atoms with Gasteiger partial charge < -0.3 is 15.0 Å². The normalized spacial score (nSPS) is 18.1. The molecule has 3 aromatic heterocycles. The van der Waals surface area contributed by atoms with Gasteiger partial charge in [0.25, 0.3) is 0 Å². The monoisotopic (exact) mass is 614 g/mol. The Bertz CT molecular complexity index is 1700. The van der Waals surface area contributed by atoms with Crippen molar-refractivity contribution >= 4 is 17.8 Å². The van der Waals surface area contributed by atoms with Crippen LogP contribution in [0.1, 0.15) is 35.4 Å². The highest BCUT2D eigenvalue weighted by Gasteiger charge is 2.37. The van der Waals surface area contributed by atoms with Crippen molar-refractivity contribution < 1.29 is 23.6 Å². The van der Waals surface area contributed by atoms with Crippen molar-refractivity contribution in [2.45, 2.75) is 39.0 Å². The van der Waals surface area contributed by atoms with Crippen LogP contribution < -0.4 is 10.6 Å². The van der Waals surface area contributed by atoms with Gasteiger partial charge in [-0.3, -0.25) is 19.9 Å². The summed E-state index contributed by atoms with van der Waals surface area (Å²) in [6.45, 7) is 5.88. The molecule has 1 saturated heterocycles. The summed E-state index contributed by atoms with van der Waals surface area (Å²) in [6.07, 6.45) is 3.23. The second kappa shape index (κ2) is 13.1. The minimum absolute atomic E-state index is 0.0267. The fourth-order valence-electron chi connectivity index (χ4n) is 5.75. The lowest BCUT2D eigenvalue weighted by molar-refractivity contribution is -0.154. The third kappa shape index (κ3) is 6.55. The average molecular weight is 615 g/mol. The van der Waals surface area contributed by atoms with Crippen molar-refractivity contribution in [3.63, 3.8) is 0 Å². The number of benzene rings is 1. The summed E-state index contributed by atoms with van der Waals surface area (Å²) in [5.41, 5.74) is 5.45. The summed E-state index contributed by atoms with van der Waals surface area (Å²) in [4.78, 5) is 41.9. The number of nitrogens with zero attached hydrogens (tertiary/aromatic N) is 6. The smallest absolute Gasteiger partial charge is 0.320 e. The van der Waals surface area contributed by atoms with Crippen LogP contribution in [0.2, 0.25) is 0 Å². The van der Waals surface area contributed by atoms with E-state index >= 15 is 0 Å². The number of methoxy groups -OCH3 is 1. The molecule has 2 atom stereocenters. The minimum atomic E-state index is -0.629. The van der Waals surface area contributed by atoms with Gasteiger partial charge in [-0.05, 0) is 48.4 Å². The Kier molecular flexibility index (Phi) is 8.83. The standard InChI is InChI=1S/C32H35FN8O4/c1-20-29(23-15-24-18-39(21(2)42)12-10-26(24)35-17-23)38-41(25-7-5-4-6-8-25)31(20)37-32(43)36-27-19-40(13-14-44-3)45-30(27)22-9-11-34-28(33)16-22/h4-9,11,15-17,27,30H,10,12-14,18-19H2,1-3H3,(H2,36,37,43)/t27-,30+/m1/s1. The van der Waals surface area contributed by atoms with Crippen LogP contribution in [-0.4, -0.2) is 81.0 Å². The number of fused-ring (bicyclic) bond motifs is 1. The zero-order valence-corrected chi connectivity index (χ0v) is 25.4. The maximum absolute atomic E-state index is 14.0. The maximum atomic E-state index is 14.0. The molecular weight excluding hydrogens is 579 g/mol. The minimum Gasteiger partial charge on any atom is -0.383 e. The van der Waals surface area contributed by atoms with E-state index in [1.807, 2.05) is 43.3 Å². The summed E-state index contributed by atoms with van der Waals surface area (Å²) in [5.74, 6) is -0.118. The van der Waals surface area contributed by atoms with Crippen LogP contribution in [0.15, 0.2) is 60.9 Å². The van der Waals surface area contributed by atoms with Crippen molar-refractivity contribution in [1.29, 1.82) is 0 Å². The van der Waals surface area contributed by atoms with Crippen molar-refractivity contribution in [3.8, 4) is 16.9 Å². The highest BCUT2D eigenvalue weighted by atomic mass is 19.1. The van der Waals surface area contributed by atoms with Crippen molar-refractivity contribution in [2.75, 3.05) is 38.7 Å². The topological polar surface area (TPSA) is 127 Å². The molecule has 45 heavy (non-hydrogen) atoms. The highest BCUT2D eigenvalue weighted by molar-refractivity contribution is 5.91. The first-order chi connectivity index (χ1) is 21.8. The Morgan fingerprint density at radius 2 is 1.98 bits per heavy atom. The molecule has 1 fully saturated rings. The van der Waals surface area contributed by atoms with Gasteiger partial charge in [0.2, 0.25) is 11.9 Å². The number of ether oxygens (including phenoxy) is 1. The Labute approximate surface area is 260 Å². The number of halogens is 1. The zero-order valence-electron chi connectivity index (χ0n) is 25.4. The first-order valence-corrected chi connectivity index (χ1v) is 14.8. The number of urea groups is 1. The van der Waals surface area contributed by atoms with Crippen molar-refractivity contribution in [1.82, 2.24) is 35.0 Å². The molecule has 13 heteroatoms. The Morgan fingerprint density at radius 1 is 1.16 bits per heavy atom. The van der Waals surface area contributed by atoms with Crippen molar-refractivity contribution in [2.24, 2.45) is 0 Å². The lowest BCUT2D eigenvalue weighted by Gasteiger charge is -2.27. The fraction of sp³-hybridized carbons (Fsp3) is 0.344. The highest BCUT2D eigenvalue weighted by Crippen LogP contribution is 2.33. The van der Waals surface area contributed by atoms with E-state index in [4.69, 9.17) is 19.7 Å². The second-order valence-corrected chi connectivity index (χ2v) is 11.1. The number of carbonyl (C=O) groups excluding carboxylic acids is 2. The largest absolute Gasteiger partial charge is 0.383 e. The van der Waals surface area contributed by atoms with E-state index < -0.39 is 24.1 Å². The predicted octanol–water partition coefficient (Wildman–Crippen LogP) is 3.81. The van der Waals surface area contributed by atoms with Crippen LogP contribution in [0.4, 0.5) is 15.0 Å². The Morgan fingerprint density at radius 3 is 2.73 bits per heavy atom. The molecule has 0 saturated carbocycles. The van der Waals surface area contributed by atoms with Crippen LogP contribution in [0.25, 0.3) is 16.9 Å². The average Bonchev–Trinajstić information content (AvgIpc) is 3.59. The first kappa shape index (κ1) is 30.3. The van der Waals surface area contributed by atoms with Crippen molar-refractivity contribution in [3.05, 3.63) is 89.3 Å². The number of amides is 3. The lowest BCUT2D eigenvalue weighted by atomic mass is 10.0. The summed E-state index contributed by atoms with van der Waals surface area (Å²) in [5, 5.41) is 12.6. The van der Waals surface area contributed by atoms with Gasteiger partial charge in [0, 0.05) is 75.8 Å². The molecule has 12 nitrogen and oxygen atoms in total. The first-order valence-electron chi connectivity index (χ1n) is 14.8. The molecule has 234 valence electrons. The van der Waals surface area contributed by atoms with E-state index in [1.165, 1.54) is 12.3 Å². The van der Waals surface area contributed by atoms with Crippen LogP contribution >= 0.6 is 0 Å². The molecule has 0 unspecified atom stereocenters. The molecule has 4 aromatic rings. The van der Waals surface area contributed by atoms with Crippen LogP contribution in [0.3, 0.4) is 0 Å². The number of aromatic nitrogens is 4. The maximum Gasteiger partial charge on any atom is 0.320 e. The number of carbonyl (C=O) groups is 2. The van der Waals surface area contributed by atoms with Gasteiger partial charge in [0.15, 0.2) is 0 Å². The number of para-hydroxylation sites is 1. The quantitative estimate of drug-likeness (QED) is 0.287. The molecule has 0 radical (unpaired) electrons. The van der Waals surface area contributed by atoms with Gasteiger partial charge in [-0.2, -0.15) is 14.6 Å². The Hall–Kier alpha value is -4.72. The molecule has 0 bridgehead atoms. The summed E-state index contributed by atoms with van der Waals surface area (Å²) < 4.78 is 20.9. The molecular formula is C32H35FN8O4. The Balaban J connectivity index is 1.29. The SMILES string of the molecule is COCCN1C[C@@H](NC(=O)Nc2c(C)c(-c3cnc4c(c3)CN(C(C)=O)CC4)nn2-c2ccccc2)[C@H](c2ccnc(F)c2)O1. The number of hydroxylamine groups is 2. The molecule has 3 amide bonds. The number of nitrogens with one attached hydrogen (secondary N) is 2. The van der Waals surface area contributed by atoms with E-state index in [1.54, 1.807) is 40.9 Å². The molecule has 2 aliphatic heterocycles. The van der Waals surface area contributed by atoms with Crippen LogP contribution in [0, 0.1) is 12.9 Å². The fourth-order valence-corrected chi connectivity index (χ4v) is 5.75. The third-order valence-electron chi connectivity index (χ3n) is 8.08. The molecule has 0 spiro atoms. The predicted molar refractivity (Wildman–Crippen MR) is 164 cm³/mol. The van der Waals surface area contributed by atoms with Gasteiger partial charge in [-0.25, -0.2) is 14.5 Å². The van der Waals surface area contributed by atoms with Gasteiger partial charge in [-0.15, -0.1) is 0 Å². The number of hydrogen-bond donors (Lipinski definition) is 2. The van der Waals surface area contributed by atoms with E-state index in [9.17, 15) is 14.0 Å². The molecule has 5 heterocycles. The zero-order chi connectivity index (χ0) is 31.5. The molecule has 2 N–H and O–H groups in total. The lowest BCUT2D eigenvalue weighted by Crippen LogP contribution is -2.42. The van der Waals surface area contributed by atoms with Gasteiger partial charge in [-0.1, -0.05) is 18.2 Å². The van der Waals surface area contributed by atoms with Gasteiger partial charge in [0.05, 0.1) is 24.0 Å². The molecule has 0 aliphatic carbocycles. The van der Waals surface area contributed by atoms with E-state index in [2.05, 4.69) is 15.6 Å². The summed E-state index contributed by atoms with van der Waals surface area (Å²) in [7, 11) is 1.60. The van der Waals surface area contributed by atoms with Crippen LogP contribution in [0.5, 0.6) is 0 Å². The van der Waals surface area contributed by atoms with Gasteiger partial charge >= 0.3 is 6.03 Å². The molecule has 1 aromatic carbocycles. The van der Waals surface area contributed by atoms with Gasteiger partial charge in [0.1, 0.15) is 11.9 Å². The molecule has 6 rings (SSSR count).